The molecule has 0 radical (unpaired) electrons. The Morgan fingerprint density at radius 2 is 1.71 bits per heavy atom. The van der Waals surface area contributed by atoms with Crippen molar-refractivity contribution in [3.05, 3.63) is 64.5 Å². The number of nitriles is 1. The van der Waals surface area contributed by atoms with E-state index in [2.05, 4.69) is 5.32 Å². The van der Waals surface area contributed by atoms with E-state index in [1.807, 2.05) is 6.07 Å². The summed E-state index contributed by atoms with van der Waals surface area (Å²) in [7, 11) is 3.06. The summed E-state index contributed by atoms with van der Waals surface area (Å²) in [5.41, 5.74) is 1.97. The van der Waals surface area contributed by atoms with Crippen LogP contribution in [0.5, 0.6) is 11.5 Å². The zero-order valence-electron chi connectivity index (χ0n) is 20.1. The largest absolute Gasteiger partial charge is 0.493 e. The van der Waals surface area contributed by atoms with Crippen LogP contribution in [-0.4, -0.2) is 31.9 Å². The summed E-state index contributed by atoms with van der Waals surface area (Å²) in [6.45, 7) is 5.26. The molecule has 0 fully saturated rings. The molecular weight excluding hydrogens is 468 g/mol. The van der Waals surface area contributed by atoms with Crippen LogP contribution in [0.25, 0.3) is 11.1 Å². The predicted octanol–water partition coefficient (Wildman–Crippen LogP) is 6.01. The molecule has 0 unspecified atom stereocenters. The second-order valence-corrected chi connectivity index (χ2v) is 9.31. The number of methoxy groups -OCH3 is 2. The highest BCUT2D eigenvalue weighted by Gasteiger charge is 2.25. The van der Waals surface area contributed by atoms with E-state index in [0.29, 0.717) is 33.2 Å². The van der Waals surface area contributed by atoms with Gasteiger partial charge in [-0.05, 0) is 56.2 Å². The Kier molecular flexibility index (Phi) is 7.99. The Balaban J connectivity index is 1.94. The number of nitrogens with zero attached hydrogens (tertiary/aromatic N) is 1. The summed E-state index contributed by atoms with van der Waals surface area (Å²) >= 11 is 1.18. The second kappa shape index (κ2) is 10.9. The second-order valence-electron chi connectivity index (χ2n) is 8.44. The molecule has 8 nitrogen and oxygen atoms in total. The fourth-order valence-electron chi connectivity index (χ4n) is 3.16. The lowest BCUT2D eigenvalue weighted by atomic mass is 10.0. The quantitative estimate of drug-likeness (QED) is 0.401. The Hall–Kier alpha value is -4.03. The summed E-state index contributed by atoms with van der Waals surface area (Å²) in [4.78, 5) is 25.7. The first kappa shape index (κ1) is 25.6. The number of ether oxygens (including phenoxy) is 4. The van der Waals surface area contributed by atoms with Gasteiger partial charge in [-0.1, -0.05) is 18.2 Å². The standard InChI is InChI=1S/C26H26N2O6S/c1-26(2,3)34-25(30)28-23-22(24(29)33-14-17-8-6-16(13-27)7-9-17)19(15-35-23)18-10-11-20(31-4)21(12-18)32-5/h6-12,15H,14H2,1-5H3,(H,28,30). The van der Waals surface area contributed by atoms with Crippen LogP contribution in [0.3, 0.4) is 0 Å². The number of anilines is 1. The third-order valence-corrected chi connectivity index (χ3v) is 5.65. The highest BCUT2D eigenvalue weighted by molar-refractivity contribution is 7.15. The lowest BCUT2D eigenvalue weighted by Crippen LogP contribution is -2.27. The van der Waals surface area contributed by atoms with Gasteiger partial charge in [0.05, 0.1) is 25.9 Å². The maximum atomic E-state index is 13.2. The van der Waals surface area contributed by atoms with Gasteiger partial charge in [0.1, 0.15) is 22.8 Å². The number of carbonyl (C=O) groups is 2. The first-order valence-electron chi connectivity index (χ1n) is 10.6. The molecule has 0 saturated heterocycles. The van der Waals surface area contributed by atoms with Crippen molar-refractivity contribution in [1.29, 1.82) is 5.26 Å². The van der Waals surface area contributed by atoms with Gasteiger partial charge in [-0.2, -0.15) is 5.26 Å². The van der Waals surface area contributed by atoms with Crippen molar-refractivity contribution in [2.24, 2.45) is 0 Å². The van der Waals surface area contributed by atoms with E-state index in [9.17, 15) is 9.59 Å². The van der Waals surface area contributed by atoms with E-state index < -0.39 is 17.7 Å². The Morgan fingerprint density at radius 3 is 2.31 bits per heavy atom. The van der Waals surface area contributed by atoms with Crippen LogP contribution in [0, 0.1) is 11.3 Å². The van der Waals surface area contributed by atoms with E-state index in [1.54, 1.807) is 68.6 Å². The maximum Gasteiger partial charge on any atom is 0.412 e. The summed E-state index contributed by atoms with van der Waals surface area (Å²) in [6, 6.07) is 14.1. The maximum absolute atomic E-state index is 13.2. The highest BCUT2D eigenvalue weighted by Crippen LogP contribution is 2.40. The number of hydrogen-bond donors (Lipinski definition) is 1. The predicted molar refractivity (Wildman–Crippen MR) is 133 cm³/mol. The molecule has 182 valence electrons. The molecule has 0 atom stereocenters. The van der Waals surface area contributed by atoms with Gasteiger partial charge in [-0.3, -0.25) is 5.32 Å². The van der Waals surface area contributed by atoms with E-state index in [1.165, 1.54) is 25.6 Å². The lowest BCUT2D eigenvalue weighted by Gasteiger charge is -2.19. The fourth-order valence-corrected chi connectivity index (χ4v) is 4.10. The van der Waals surface area contributed by atoms with Crippen molar-refractivity contribution in [3.63, 3.8) is 0 Å². The molecule has 1 N–H and O–H groups in total. The molecule has 35 heavy (non-hydrogen) atoms. The number of hydrogen-bond acceptors (Lipinski definition) is 8. The molecule has 2 aromatic carbocycles. The van der Waals surface area contributed by atoms with Crippen LogP contribution in [0.15, 0.2) is 47.8 Å². The van der Waals surface area contributed by atoms with Crippen LogP contribution in [0.1, 0.15) is 42.3 Å². The first-order chi connectivity index (χ1) is 16.6. The molecule has 0 aliphatic rings. The van der Waals surface area contributed by atoms with E-state index in [-0.39, 0.29) is 12.2 Å². The van der Waals surface area contributed by atoms with Gasteiger partial charge >= 0.3 is 12.1 Å². The van der Waals surface area contributed by atoms with Gasteiger partial charge in [-0.25, -0.2) is 9.59 Å². The third-order valence-electron chi connectivity index (χ3n) is 4.76. The van der Waals surface area contributed by atoms with Crippen LogP contribution in [0.2, 0.25) is 0 Å². The molecule has 0 aliphatic carbocycles. The molecule has 0 aliphatic heterocycles. The number of rotatable bonds is 7. The Labute approximate surface area is 208 Å². The van der Waals surface area contributed by atoms with Crippen LogP contribution < -0.4 is 14.8 Å². The van der Waals surface area contributed by atoms with Crippen molar-refractivity contribution in [2.45, 2.75) is 33.0 Å². The van der Waals surface area contributed by atoms with E-state index in [0.717, 1.165) is 5.56 Å². The molecule has 0 saturated carbocycles. The zero-order valence-corrected chi connectivity index (χ0v) is 20.9. The SMILES string of the molecule is COc1ccc(-c2csc(NC(=O)OC(C)(C)C)c2C(=O)OCc2ccc(C#N)cc2)cc1OC. The van der Waals surface area contributed by atoms with Crippen LogP contribution in [0.4, 0.5) is 9.80 Å². The highest BCUT2D eigenvalue weighted by atomic mass is 32.1. The van der Waals surface area contributed by atoms with Crippen molar-refractivity contribution in [3.8, 4) is 28.7 Å². The molecule has 3 rings (SSSR count). The molecule has 3 aromatic rings. The molecule has 0 spiro atoms. The van der Waals surface area contributed by atoms with Gasteiger partial charge in [-0.15, -0.1) is 11.3 Å². The number of esters is 1. The van der Waals surface area contributed by atoms with Gasteiger partial charge in [0.2, 0.25) is 0 Å². The molecule has 0 bridgehead atoms. The Bertz CT molecular complexity index is 1250. The topological polar surface area (TPSA) is 107 Å². The van der Waals surface area contributed by atoms with Crippen molar-refractivity contribution in [2.75, 3.05) is 19.5 Å². The van der Waals surface area contributed by atoms with Crippen molar-refractivity contribution < 1.29 is 28.5 Å². The fraction of sp³-hybridized carbons (Fsp3) is 0.269. The van der Waals surface area contributed by atoms with Gasteiger partial charge in [0, 0.05) is 10.9 Å². The Morgan fingerprint density at radius 1 is 1.03 bits per heavy atom. The van der Waals surface area contributed by atoms with Gasteiger partial charge in [0.25, 0.3) is 0 Å². The average molecular weight is 495 g/mol. The van der Waals surface area contributed by atoms with Crippen LogP contribution >= 0.6 is 11.3 Å². The molecule has 9 heteroatoms. The smallest absolute Gasteiger partial charge is 0.412 e. The molecular formula is C26H26N2O6S. The number of carbonyl (C=O) groups excluding carboxylic acids is 2. The molecule has 1 aromatic heterocycles. The monoisotopic (exact) mass is 494 g/mol. The number of nitrogens with one attached hydrogen (secondary N) is 1. The van der Waals surface area contributed by atoms with Crippen molar-refractivity contribution in [1.82, 2.24) is 0 Å². The minimum absolute atomic E-state index is 0.00234. The zero-order chi connectivity index (χ0) is 25.6. The van der Waals surface area contributed by atoms with Crippen LogP contribution in [-0.2, 0) is 16.1 Å². The minimum Gasteiger partial charge on any atom is -0.493 e. The molecule has 1 amide bonds. The molecule has 1 heterocycles. The summed E-state index contributed by atoms with van der Waals surface area (Å²) in [5.74, 6) is 0.421. The number of amides is 1. The van der Waals surface area contributed by atoms with E-state index in [4.69, 9.17) is 24.2 Å². The minimum atomic E-state index is -0.705. The average Bonchev–Trinajstić information content (AvgIpc) is 3.24. The summed E-state index contributed by atoms with van der Waals surface area (Å²) in [5, 5.41) is 13.7. The van der Waals surface area contributed by atoms with Gasteiger partial charge < -0.3 is 18.9 Å². The summed E-state index contributed by atoms with van der Waals surface area (Å²) < 4.78 is 21.6. The lowest BCUT2D eigenvalue weighted by molar-refractivity contribution is 0.0475. The first-order valence-corrected chi connectivity index (χ1v) is 11.5. The van der Waals surface area contributed by atoms with E-state index >= 15 is 0 Å². The number of thiophene rings is 1. The number of benzene rings is 2. The third kappa shape index (κ3) is 6.52. The normalized spacial score (nSPS) is 10.7. The summed E-state index contributed by atoms with van der Waals surface area (Å²) in [6.07, 6.45) is -0.681. The van der Waals surface area contributed by atoms with Crippen molar-refractivity contribution >= 4 is 28.4 Å². The van der Waals surface area contributed by atoms with Gasteiger partial charge in [0.15, 0.2) is 11.5 Å².